The molecule has 0 spiro atoms. The van der Waals surface area contributed by atoms with E-state index >= 15 is 0 Å². The quantitative estimate of drug-likeness (QED) is 0.418. The van der Waals surface area contributed by atoms with Crippen LogP contribution in [0.2, 0.25) is 0 Å². The molecule has 0 aromatic rings. The van der Waals surface area contributed by atoms with E-state index in [-0.39, 0.29) is 37.0 Å². The summed E-state index contributed by atoms with van der Waals surface area (Å²) in [6.07, 6.45) is 5.34. The van der Waals surface area contributed by atoms with Gasteiger partial charge in [0.1, 0.15) is 5.78 Å². The summed E-state index contributed by atoms with van der Waals surface area (Å²) in [5.74, 6) is -0.705. The van der Waals surface area contributed by atoms with Crippen molar-refractivity contribution in [3.05, 3.63) is 24.3 Å². The van der Waals surface area contributed by atoms with Crippen molar-refractivity contribution in [3.63, 3.8) is 0 Å². The molecule has 0 N–H and O–H groups in total. The van der Waals surface area contributed by atoms with Crippen LogP contribution in [0, 0.1) is 16.2 Å². The van der Waals surface area contributed by atoms with Gasteiger partial charge in [-0.2, -0.15) is 0 Å². The molecule has 0 heterocycles. The third-order valence-electron chi connectivity index (χ3n) is 5.38. The van der Waals surface area contributed by atoms with E-state index in [1.807, 2.05) is 26.0 Å². The Morgan fingerprint density at radius 2 is 1.80 bits per heavy atom. The highest BCUT2D eigenvalue weighted by Crippen LogP contribution is 2.58. The Kier molecular flexibility index (Phi) is 5.26. The van der Waals surface area contributed by atoms with E-state index in [1.54, 1.807) is 13.8 Å². The number of esters is 2. The molecule has 0 radical (unpaired) electrons. The molecule has 1 saturated carbocycles. The van der Waals surface area contributed by atoms with E-state index < -0.39 is 22.2 Å². The lowest BCUT2D eigenvalue weighted by Crippen LogP contribution is -2.55. The third-order valence-corrected chi connectivity index (χ3v) is 5.38. The van der Waals surface area contributed by atoms with E-state index in [0.29, 0.717) is 19.3 Å². The largest absolute Gasteiger partial charge is 0.466 e. The lowest BCUT2D eigenvalue weighted by atomic mass is 9.49. The molecule has 0 aromatic carbocycles. The Morgan fingerprint density at radius 3 is 2.36 bits per heavy atom. The minimum Gasteiger partial charge on any atom is -0.466 e. The molecule has 138 valence electrons. The Balaban J connectivity index is 2.42. The second kappa shape index (κ2) is 6.77. The summed E-state index contributed by atoms with van der Waals surface area (Å²) in [6, 6.07) is 0. The Morgan fingerprint density at radius 1 is 1.16 bits per heavy atom. The maximum atomic E-state index is 12.9. The summed E-state index contributed by atoms with van der Waals surface area (Å²) in [5, 5.41) is 0. The van der Waals surface area contributed by atoms with Crippen molar-refractivity contribution in [2.75, 3.05) is 13.2 Å². The van der Waals surface area contributed by atoms with E-state index in [9.17, 15) is 14.4 Å². The summed E-state index contributed by atoms with van der Waals surface area (Å²) >= 11 is 0. The van der Waals surface area contributed by atoms with Gasteiger partial charge in [0, 0.05) is 16.4 Å². The van der Waals surface area contributed by atoms with Crippen molar-refractivity contribution in [3.8, 4) is 0 Å². The first-order valence-corrected chi connectivity index (χ1v) is 8.87. The molecule has 3 atom stereocenters. The minimum atomic E-state index is -0.942. The van der Waals surface area contributed by atoms with Gasteiger partial charge in [0.25, 0.3) is 0 Å². The molecule has 2 rings (SSSR count). The summed E-state index contributed by atoms with van der Waals surface area (Å²) in [5.41, 5.74) is -2.06. The van der Waals surface area contributed by atoms with Gasteiger partial charge in [-0.1, -0.05) is 25.7 Å². The van der Waals surface area contributed by atoms with Crippen LogP contribution in [0.4, 0.5) is 0 Å². The fraction of sp³-hybridized carbons (Fsp3) is 0.650. The van der Waals surface area contributed by atoms with Gasteiger partial charge in [0.15, 0.2) is 0 Å². The number of hydrogen-bond donors (Lipinski definition) is 0. The highest BCUT2D eigenvalue weighted by atomic mass is 16.5. The number of fused-ring (bicyclic) bond motifs is 2. The Bertz CT molecular complexity index is 634. The number of ether oxygens (including phenoxy) is 2. The van der Waals surface area contributed by atoms with E-state index in [1.165, 1.54) is 0 Å². The topological polar surface area (TPSA) is 69.7 Å². The van der Waals surface area contributed by atoms with Crippen LogP contribution in [0.5, 0.6) is 0 Å². The Hall–Kier alpha value is -1.91. The molecule has 0 amide bonds. The number of ketones is 1. The standard InChI is InChI=1S/C20H28O5/c1-6-24-15(21)14(3)11-20(17(23)25-7-2)12-18(4)9-8-10-19(5,13-20)16(18)22/h8-9H,3,6-7,10-13H2,1-2,4-5H3/t18-,19-,20-/m0/s1. The second-order valence-corrected chi connectivity index (χ2v) is 7.77. The molecule has 0 aromatic heterocycles. The summed E-state index contributed by atoms with van der Waals surface area (Å²) in [4.78, 5) is 37.9. The predicted molar refractivity (Wildman–Crippen MR) is 93.7 cm³/mol. The van der Waals surface area contributed by atoms with Crippen LogP contribution in [-0.2, 0) is 23.9 Å². The minimum absolute atomic E-state index is 0.150. The van der Waals surface area contributed by atoms with Crippen molar-refractivity contribution in [2.24, 2.45) is 16.2 Å². The summed E-state index contributed by atoms with van der Waals surface area (Å²) < 4.78 is 10.4. The maximum absolute atomic E-state index is 12.9. The molecule has 0 aliphatic heterocycles. The summed E-state index contributed by atoms with van der Waals surface area (Å²) in [7, 11) is 0. The van der Waals surface area contributed by atoms with Gasteiger partial charge >= 0.3 is 11.9 Å². The van der Waals surface area contributed by atoms with Gasteiger partial charge in [-0.25, -0.2) is 4.79 Å². The van der Waals surface area contributed by atoms with Crippen molar-refractivity contribution in [2.45, 2.75) is 53.4 Å². The molecule has 5 heteroatoms. The van der Waals surface area contributed by atoms with Gasteiger partial charge in [-0.3, -0.25) is 9.59 Å². The maximum Gasteiger partial charge on any atom is 0.333 e. The molecule has 0 saturated heterocycles. The lowest BCUT2D eigenvalue weighted by Gasteiger charge is -2.52. The fourth-order valence-corrected chi connectivity index (χ4v) is 4.58. The van der Waals surface area contributed by atoms with Crippen molar-refractivity contribution in [1.29, 1.82) is 0 Å². The number of carbonyl (C=O) groups excluding carboxylic acids is 3. The predicted octanol–water partition coefficient (Wildman–Crippen LogP) is 3.38. The molecule has 2 aliphatic rings. The molecule has 0 unspecified atom stereocenters. The number of Topliss-reactive ketones (excluding diaryl/α,β-unsaturated/α-hetero) is 1. The zero-order valence-corrected chi connectivity index (χ0v) is 15.6. The van der Waals surface area contributed by atoms with Crippen LogP contribution in [-0.4, -0.2) is 30.9 Å². The molecule has 5 nitrogen and oxygen atoms in total. The third kappa shape index (κ3) is 3.42. The average molecular weight is 348 g/mol. The van der Waals surface area contributed by atoms with Crippen molar-refractivity contribution < 1.29 is 23.9 Å². The van der Waals surface area contributed by atoms with Gasteiger partial charge in [0.05, 0.1) is 18.6 Å². The van der Waals surface area contributed by atoms with E-state index in [0.717, 1.165) is 0 Å². The first-order chi connectivity index (χ1) is 11.6. The lowest BCUT2D eigenvalue weighted by molar-refractivity contribution is -0.168. The Labute approximate surface area is 149 Å². The number of rotatable bonds is 6. The van der Waals surface area contributed by atoms with E-state index in [2.05, 4.69) is 6.58 Å². The average Bonchev–Trinajstić information content (AvgIpc) is 2.51. The molecular weight excluding hydrogens is 320 g/mol. The van der Waals surface area contributed by atoms with Crippen molar-refractivity contribution in [1.82, 2.24) is 0 Å². The number of hydrogen-bond acceptors (Lipinski definition) is 5. The van der Waals surface area contributed by atoms with Gasteiger partial charge < -0.3 is 9.47 Å². The van der Waals surface area contributed by atoms with Crippen molar-refractivity contribution >= 4 is 17.7 Å². The van der Waals surface area contributed by atoms with Gasteiger partial charge in [-0.05, 0) is 46.5 Å². The normalized spacial score (nSPS) is 33.7. The molecule has 25 heavy (non-hydrogen) atoms. The fourth-order valence-electron chi connectivity index (χ4n) is 4.58. The molecule has 2 bridgehead atoms. The smallest absolute Gasteiger partial charge is 0.333 e. The van der Waals surface area contributed by atoms with E-state index in [4.69, 9.17) is 9.47 Å². The highest BCUT2D eigenvalue weighted by Gasteiger charge is 2.60. The van der Waals surface area contributed by atoms with Crippen LogP contribution >= 0.6 is 0 Å². The SMILES string of the molecule is C=C(C[C@@]1(C(=O)OCC)C[C@]2(C)CC=C[C@@](C)(C1)C2=O)C(=O)OCC. The van der Waals surface area contributed by atoms with Crippen LogP contribution in [0.3, 0.4) is 0 Å². The first kappa shape index (κ1) is 19.4. The van der Waals surface area contributed by atoms with Crippen LogP contribution in [0.25, 0.3) is 0 Å². The van der Waals surface area contributed by atoms with Crippen LogP contribution in [0.15, 0.2) is 24.3 Å². The van der Waals surface area contributed by atoms with Crippen LogP contribution < -0.4 is 0 Å². The van der Waals surface area contributed by atoms with Crippen LogP contribution in [0.1, 0.15) is 53.4 Å². The first-order valence-electron chi connectivity index (χ1n) is 8.87. The highest BCUT2D eigenvalue weighted by molar-refractivity contribution is 5.96. The number of carbonyl (C=O) groups is 3. The zero-order chi connectivity index (χ0) is 18.9. The monoisotopic (exact) mass is 348 g/mol. The van der Waals surface area contributed by atoms with Gasteiger partial charge in [0.2, 0.25) is 0 Å². The number of allylic oxidation sites excluding steroid dienone is 2. The molecule has 1 fully saturated rings. The molecular formula is C20H28O5. The summed E-state index contributed by atoms with van der Waals surface area (Å²) in [6.45, 7) is 11.6. The second-order valence-electron chi connectivity index (χ2n) is 7.77. The molecule has 2 aliphatic carbocycles. The zero-order valence-electron chi connectivity index (χ0n) is 15.6. The van der Waals surface area contributed by atoms with Gasteiger partial charge in [-0.15, -0.1) is 0 Å².